The number of carbonyl (C=O) groups excluding carboxylic acids is 1. The van der Waals surface area contributed by atoms with E-state index in [-0.39, 0.29) is 5.92 Å². The third-order valence-corrected chi connectivity index (χ3v) is 4.65. The number of amides is 1. The Morgan fingerprint density at radius 1 is 1.28 bits per heavy atom. The fraction of sp³-hybridized carbons (Fsp3) is 0.933. The first-order valence-electron chi connectivity index (χ1n) is 7.79. The topological polar surface area (TPSA) is 23.6 Å². The van der Waals surface area contributed by atoms with E-state index in [1.54, 1.807) is 0 Å². The van der Waals surface area contributed by atoms with Crippen LogP contribution in [-0.4, -0.2) is 47.9 Å². The van der Waals surface area contributed by atoms with E-state index in [4.69, 9.17) is 0 Å². The maximum absolute atomic E-state index is 12.5. The molecule has 2 aliphatic rings. The molecule has 0 unspecified atom stereocenters. The molecule has 0 aromatic rings. The van der Waals surface area contributed by atoms with E-state index < -0.39 is 0 Å². The van der Waals surface area contributed by atoms with Gasteiger partial charge in [0.05, 0.1) is 0 Å². The Bertz CT molecular complexity index is 280. The lowest BCUT2D eigenvalue weighted by molar-refractivity contribution is -0.138. The number of rotatable bonds is 5. The van der Waals surface area contributed by atoms with Gasteiger partial charge in [0.25, 0.3) is 0 Å². The Balaban J connectivity index is 1.87. The number of hydrogen-bond donors (Lipinski definition) is 0. The van der Waals surface area contributed by atoms with Crippen LogP contribution in [0.5, 0.6) is 0 Å². The Labute approximate surface area is 112 Å². The van der Waals surface area contributed by atoms with Crippen LogP contribution >= 0.6 is 0 Å². The zero-order chi connectivity index (χ0) is 13.0. The van der Waals surface area contributed by atoms with Crippen molar-refractivity contribution >= 4 is 5.91 Å². The van der Waals surface area contributed by atoms with Crippen molar-refractivity contribution < 1.29 is 4.79 Å². The SMILES string of the molecule is CCCC[C@@H](CC)C(=O)N1CCN2CCC[C@H]2C1. The van der Waals surface area contributed by atoms with Gasteiger partial charge in [-0.25, -0.2) is 0 Å². The summed E-state index contributed by atoms with van der Waals surface area (Å²) in [6, 6.07) is 0.659. The summed E-state index contributed by atoms with van der Waals surface area (Å²) in [4.78, 5) is 17.2. The van der Waals surface area contributed by atoms with E-state index in [1.807, 2.05) is 0 Å². The van der Waals surface area contributed by atoms with Crippen molar-refractivity contribution in [2.45, 2.75) is 58.4 Å². The molecular formula is C15H28N2O. The lowest BCUT2D eigenvalue weighted by Crippen LogP contribution is -2.53. The molecule has 18 heavy (non-hydrogen) atoms. The summed E-state index contributed by atoms with van der Waals surface area (Å²) < 4.78 is 0. The van der Waals surface area contributed by atoms with Gasteiger partial charge in [-0.15, -0.1) is 0 Å². The van der Waals surface area contributed by atoms with Crippen LogP contribution in [0.2, 0.25) is 0 Å². The molecule has 2 atom stereocenters. The molecule has 2 heterocycles. The second kappa shape index (κ2) is 6.55. The monoisotopic (exact) mass is 252 g/mol. The van der Waals surface area contributed by atoms with E-state index in [0.29, 0.717) is 11.9 Å². The molecule has 3 nitrogen and oxygen atoms in total. The standard InChI is InChI=1S/C15H28N2O/c1-3-5-7-13(4-2)15(18)17-11-10-16-9-6-8-14(16)12-17/h13-14H,3-12H2,1-2H3/t13-,14+/m1/s1. The second-order valence-corrected chi connectivity index (χ2v) is 5.86. The molecule has 0 spiro atoms. The predicted octanol–water partition coefficient (Wildman–Crippen LogP) is 2.51. The summed E-state index contributed by atoms with van der Waals surface area (Å²) in [5.41, 5.74) is 0. The van der Waals surface area contributed by atoms with Crippen molar-refractivity contribution in [2.75, 3.05) is 26.2 Å². The Hall–Kier alpha value is -0.570. The molecular weight excluding hydrogens is 224 g/mol. The maximum atomic E-state index is 12.5. The third kappa shape index (κ3) is 3.05. The minimum atomic E-state index is 0.276. The first-order valence-corrected chi connectivity index (χ1v) is 7.79. The molecule has 104 valence electrons. The number of fused-ring (bicyclic) bond motifs is 1. The van der Waals surface area contributed by atoms with Gasteiger partial charge >= 0.3 is 0 Å². The van der Waals surface area contributed by atoms with Crippen molar-refractivity contribution in [3.05, 3.63) is 0 Å². The predicted molar refractivity (Wildman–Crippen MR) is 74.5 cm³/mol. The molecule has 0 aromatic heterocycles. The number of hydrogen-bond acceptors (Lipinski definition) is 2. The van der Waals surface area contributed by atoms with Gasteiger partial charge in [-0.2, -0.15) is 0 Å². The van der Waals surface area contributed by atoms with Crippen LogP contribution in [0.15, 0.2) is 0 Å². The Kier molecular flexibility index (Phi) is 5.04. The average molecular weight is 252 g/mol. The van der Waals surface area contributed by atoms with Gasteiger partial charge in [-0.1, -0.05) is 26.7 Å². The normalized spacial score (nSPS) is 26.1. The molecule has 2 fully saturated rings. The highest BCUT2D eigenvalue weighted by molar-refractivity contribution is 5.79. The lowest BCUT2D eigenvalue weighted by atomic mass is 9.97. The van der Waals surface area contributed by atoms with Crippen molar-refractivity contribution in [1.82, 2.24) is 9.80 Å². The van der Waals surface area contributed by atoms with Crippen LogP contribution in [-0.2, 0) is 4.79 Å². The van der Waals surface area contributed by atoms with Crippen molar-refractivity contribution in [3.8, 4) is 0 Å². The number of piperazine rings is 1. The van der Waals surface area contributed by atoms with Crippen LogP contribution in [0.4, 0.5) is 0 Å². The molecule has 2 rings (SSSR count). The highest BCUT2D eigenvalue weighted by Gasteiger charge is 2.34. The smallest absolute Gasteiger partial charge is 0.225 e. The molecule has 0 aliphatic carbocycles. The highest BCUT2D eigenvalue weighted by Crippen LogP contribution is 2.24. The van der Waals surface area contributed by atoms with Crippen LogP contribution in [0.3, 0.4) is 0 Å². The zero-order valence-electron chi connectivity index (χ0n) is 12.0. The van der Waals surface area contributed by atoms with Gasteiger partial charge in [0.2, 0.25) is 5.91 Å². The van der Waals surface area contributed by atoms with Crippen LogP contribution in [0.1, 0.15) is 52.4 Å². The highest BCUT2D eigenvalue weighted by atomic mass is 16.2. The molecule has 3 heteroatoms. The van der Waals surface area contributed by atoms with Crippen LogP contribution in [0, 0.1) is 5.92 Å². The molecule has 0 N–H and O–H groups in total. The Morgan fingerprint density at radius 2 is 2.11 bits per heavy atom. The quantitative estimate of drug-likeness (QED) is 0.750. The third-order valence-electron chi connectivity index (χ3n) is 4.65. The first-order chi connectivity index (χ1) is 8.76. The van der Waals surface area contributed by atoms with E-state index >= 15 is 0 Å². The van der Waals surface area contributed by atoms with Crippen molar-refractivity contribution in [3.63, 3.8) is 0 Å². The van der Waals surface area contributed by atoms with E-state index in [9.17, 15) is 4.79 Å². The lowest BCUT2D eigenvalue weighted by Gasteiger charge is -2.39. The number of nitrogens with zero attached hydrogens (tertiary/aromatic N) is 2. The molecule has 2 saturated heterocycles. The summed E-state index contributed by atoms with van der Waals surface area (Å²) >= 11 is 0. The molecule has 2 aliphatic heterocycles. The maximum Gasteiger partial charge on any atom is 0.225 e. The van der Waals surface area contributed by atoms with Gasteiger partial charge in [0.1, 0.15) is 0 Å². The van der Waals surface area contributed by atoms with Crippen LogP contribution in [0.25, 0.3) is 0 Å². The average Bonchev–Trinajstić information content (AvgIpc) is 2.86. The molecule has 0 radical (unpaired) electrons. The van der Waals surface area contributed by atoms with Crippen LogP contribution < -0.4 is 0 Å². The summed E-state index contributed by atoms with van der Waals surface area (Å²) in [6.07, 6.45) is 7.07. The summed E-state index contributed by atoms with van der Waals surface area (Å²) in [6.45, 7) is 8.65. The van der Waals surface area contributed by atoms with Crippen molar-refractivity contribution in [1.29, 1.82) is 0 Å². The van der Waals surface area contributed by atoms with Gasteiger partial charge in [0.15, 0.2) is 0 Å². The minimum absolute atomic E-state index is 0.276. The molecule has 1 amide bonds. The molecule has 0 saturated carbocycles. The molecule has 0 aromatic carbocycles. The van der Waals surface area contributed by atoms with Gasteiger partial charge in [0, 0.05) is 31.6 Å². The van der Waals surface area contributed by atoms with Gasteiger partial charge in [-0.3, -0.25) is 9.69 Å². The van der Waals surface area contributed by atoms with E-state index in [2.05, 4.69) is 23.6 Å². The zero-order valence-corrected chi connectivity index (χ0v) is 12.0. The summed E-state index contributed by atoms with van der Waals surface area (Å²) in [5.74, 6) is 0.704. The summed E-state index contributed by atoms with van der Waals surface area (Å²) in [5, 5.41) is 0. The van der Waals surface area contributed by atoms with Crippen molar-refractivity contribution in [2.24, 2.45) is 5.92 Å². The fourth-order valence-corrected chi connectivity index (χ4v) is 3.40. The summed E-state index contributed by atoms with van der Waals surface area (Å²) in [7, 11) is 0. The van der Waals surface area contributed by atoms with Gasteiger partial charge in [-0.05, 0) is 32.2 Å². The molecule has 0 bridgehead atoms. The number of carbonyl (C=O) groups is 1. The largest absolute Gasteiger partial charge is 0.340 e. The fourth-order valence-electron chi connectivity index (χ4n) is 3.40. The van der Waals surface area contributed by atoms with E-state index in [1.165, 1.54) is 32.2 Å². The second-order valence-electron chi connectivity index (χ2n) is 5.86. The number of unbranched alkanes of at least 4 members (excludes halogenated alkanes) is 1. The van der Waals surface area contributed by atoms with E-state index in [0.717, 1.165) is 32.5 Å². The first kappa shape index (κ1) is 13.9. The minimum Gasteiger partial charge on any atom is -0.340 e. The van der Waals surface area contributed by atoms with Gasteiger partial charge < -0.3 is 4.90 Å². The Morgan fingerprint density at radius 3 is 2.83 bits per heavy atom.